The molecule has 5 heteroatoms. The van der Waals surface area contributed by atoms with Crippen LogP contribution in [-0.2, 0) is 16.3 Å². The zero-order valence-electron chi connectivity index (χ0n) is 9.69. The highest BCUT2D eigenvalue weighted by Crippen LogP contribution is 2.18. The lowest BCUT2D eigenvalue weighted by atomic mass is 10.1. The summed E-state index contributed by atoms with van der Waals surface area (Å²) < 4.78 is 36.7. The molecule has 3 nitrogen and oxygen atoms in total. The summed E-state index contributed by atoms with van der Waals surface area (Å²) in [6, 6.07) is 5.96. The van der Waals surface area contributed by atoms with Gasteiger partial charge in [0, 0.05) is 12.6 Å². The summed E-state index contributed by atoms with van der Waals surface area (Å²) in [7, 11) is -3.04. The van der Waals surface area contributed by atoms with Crippen LogP contribution < -0.4 is 5.32 Å². The van der Waals surface area contributed by atoms with Crippen LogP contribution in [0.4, 0.5) is 4.39 Å². The lowest BCUT2D eigenvalue weighted by Gasteiger charge is -2.29. The second-order valence-electron chi connectivity index (χ2n) is 4.48. The van der Waals surface area contributed by atoms with Crippen LogP contribution in [0.5, 0.6) is 0 Å². The van der Waals surface area contributed by atoms with Crippen LogP contribution in [0.15, 0.2) is 24.3 Å². The highest BCUT2D eigenvalue weighted by molar-refractivity contribution is 7.92. The van der Waals surface area contributed by atoms with Crippen LogP contribution in [0.3, 0.4) is 0 Å². The van der Waals surface area contributed by atoms with Crippen LogP contribution in [-0.4, -0.2) is 32.0 Å². The van der Waals surface area contributed by atoms with E-state index in [0.717, 1.165) is 5.56 Å². The van der Waals surface area contributed by atoms with E-state index in [1.54, 1.807) is 12.1 Å². The van der Waals surface area contributed by atoms with Gasteiger partial charge in [-0.2, -0.15) is 0 Å². The largest absolute Gasteiger partial charge is 0.312 e. The maximum atomic E-state index is 12.8. The number of nitrogens with one attached hydrogen (secondary N) is 1. The molecule has 2 unspecified atom stereocenters. The first-order valence-electron chi connectivity index (χ1n) is 5.68. The molecule has 1 aromatic carbocycles. The van der Waals surface area contributed by atoms with Crippen molar-refractivity contribution in [2.75, 3.05) is 12.3 Å². The number of halogens is 1. The van der Waals surface area contributed by atoms with Crippen molar-refractivity contribution in [1.29, 1.82) is 0 Å². The summed E-state index contributed by atoms with van der Waals surface area (Å²) >= 11 is 0. The highest BCUT2D eigenvalue weighted by atomic mass is 32.2. The summed E-state index contributed by atoms with van der Waals surface area (Å²) in [5, 5.41) is 2.75. The molecule has 0 radical (unpaired) electrons. The van der Waals surface area contributed by atoms with Crippen molar-refractivity contribution in [3.63, 3.8) is 0 Å². The van der Waals surface area contributed by atoms with Gasteiger partial charge in [-0.1, -0.05) is 12.1 Å². The Morgan fingerprint density at radius 3 is 2.59 bits per heavy atom. The third-order valence-electron chi connectivity index (χ3n) is 3.22. The summed E-state index contributed by atoms with van der Waals surface area (Å²) in [5.41, 5.74) is 0.857. The van der Waals surface area contributed by atoms with E-state index < -0.39 is 15.1 Å². The number of rotatable bonds is 2. The zero-order valence-corrected chi connectivity index (χ0v) is 10.5. The van der Waals surface area contributed by atoms with E-state index in [1.165, 1.54) is 12.1 Å². The number of benzene rings is 1. The lowest BCUT2D eigenvalue weighted by molar-refractivity contribution is 0.477. The molecular formula is C12H16FNO2S. The van der Waals surface area contributed by atoms with Crippen molar-refractivity contribution in [3.05, 3.63) is 35.6 Å². The van der Waals surface area contributed by atoms with E-state index in [9.17, 15) is 12.8 Å². The maximum absolute atomic E-state index is 12.8. The van der Waals surface area contributed by atoms with Crippen molar-refractivity contribution in [2.45, 2.75) is 24.6 Å². The SMILES string of the molecule is CC1NCCS(=O)(=O)C1Cc1ccc(F)cc1. The molecule has 17 heavy (non-hydrogen) atoms. The Morgan fingerprint density at radius 1 is 1.35 bits per heavy atom. The Morgan fingerprint density at radius 2 is 2.00 bits per heavy atom. The van der Waals surface area contributed by atoms with E-state index >= 15 is 0 Å². The Kier molecular flexibility index (Phi) is 3.49. The molecule has 1 aromatic rings. The van der Waals surface area contributed by atoms with Gasteiger partial charge in [0.2, 0.25) is 0 Å². The average Bonchev–Trinajstić information content (AvgIpc) is 2.26. The standard InChI is InChI=1S/C12H16FNO2S/c1-9-12(17(15,16)7-6-14-9)8-10-2-4-11(13)5-3-10/h2-5,9,12,14H,6-8H2,1H3. The van der Waals surface area contributed by atoms with Gasteiger partial charge in [-0.15, -0.1) is 0 Å². The van der Waals surface area contributed by atoms with Gasteiger partial charge in [-0.3, -0.25) is 0 Å². The maximum Gasteiger partial charge on any atom is 0.156 e. The van der Waals surface area contributed by atoms with E-state index in [4.69, 9.17) is 0 Å². The molecule has 0 spiro atoms. The van der Waals surface area contributed by atoms with Gasteiger partial charge in [0.25, 0.3) is 0 Å². The molecule has 2 rings (SSSR count). The third-order valence-corrected chi connectivity index (χ3v) is 5.49. The lowest BCUT2D eigenvalue weighted by Crippen LogP contribution is -2.51. The normalized spacial score (nSPS) is 27.9. The summed E-state index contributed by atoms with van der Waals surface area (Å²) in [4.78, 5) is 0. The molecule has 1 aliphatic heterocycles. The van der Waals surface area contributed by atoms with Crippen LogP contribution >= 0.6 is 0 Å². The first-order chi connectivity index (χ1) is 7.99. The van der Waals surface area contributed by atoms with Crippen molar-refractivity contribution in [2.24, 2.45) is 0 Å². The van der Waals surface area contributed by atoms with Crippen molar-refractivity contribution in [3.8, 4) is 0 Å². The molecule has 0 aromatic heterocycles. The monoisotopic (exact) mass is 257 g/mol. The summed E-state index contributed by atoms with van der Waals surface area (Å²) in [6.07, 6.45) is 0.441. The molecule has 2 atom stereocenters. The summed E-state index contributed by atoms with van der Waals surface area (Å²) in [6.45, 7) is 2.40. The second kappa shape index (κ2) is 4.74. The van der Waals surface area contributed by atoms with Crippen molar-refractivity contribution in [1.82, 2.24) is 5.32 Å². The quantitative estimate of drug-likeness (QED) is 0.864. The van der Waals surface area contributed by atoms with Crippen molar-refractivity contribution >= 4 is 9.84 Å². The van der Waals surface area contributed by atoms with Crippen LogP contribution in [0.25, 0.3) is 0 Å². The fourth-order valence-electron chi connectivity index (χ4n) is 2.18. The van der Waals surface area contributed by atoms with E-state index in [-0.39, 0.29) is 17.6 Å². The minimum absolute atomic E-state index is 0.0567. The van der Waals surface area contributed by atoms with E-state index in [0.29, 0.717) is 13.0 Å². The van der Waals surface area contributed by atoms with Crippen LogP contribution in [0.2, 0.25) is 0 Å². The Hall–Kier alpha value is -0.940. The second-order valence-corrected chi connectivity index (χ2v) is 6.82. The molecule has 0 bridgehead atoms. The van der Waals surface area contributed by atoms with Gasteiger partial charge in [0.15, 0.2) is 9.84 Å². The van der Waals surface area contributed by atoms with Gasteiger partial charge >= 0.3 is 0 Å². The molecule has 1 aliphatic rings. The van der Waals surface area contributed by atoms with Crippen LogP contribution in [0, 0.1) is 5.82 Å². The molecule has 0 amide bonds. The Bertz CT molecular complexity index is 484. The van der Waals surface area contributed by atoms with Crippen molar-refractivity contribution < 1.29 is 12.8 Å². The minimum Gasteiger partial charge on any atom is -0.312 e. The third kappa shape index (κ3) is 2.84. The van der Waals surface area contributed by atoms with E-state index in [2.05, 4.69) is 5.32 Å². The zero-order chi connectivity index (χ0) is 12.5. The first kappa shape index (κ1) is 12.5. The smallest absolute Gasteiger partial charge is 0.156 e. The van der Waals surface area contributed by atoms with E-state index in [1.807, 2.05) is 6.92 Å². The summed E-state index contributed by atoms with van der Waals surface area (Å²) in [5.74, 6) is -0.116. The molecule has 1 N–H and O–H groups in total. The van der Waals surface area contributed by atoms with Gasteiger partial charge in [0.1, 0.15) is 5.82 Å². The van der Waals surface area contributed by atoms with Gasteiger partial charge in [-0.25, -0.2) is 12.8 Å². The van der Waals surface area contributed by atoms with Gasteiger partial charge in [0.05, 0.1) is 11.0 Å². The fourth-order valence-corrected chi connectivity index (χ4v) is 4.05. The number of hydrogen-bond donors (Lipinski definition) is 1. The molecule has 1 saturated heterocycles. The predicted octanol–water partition coefficient (Wildman–Crippen LogP) is 1.14. The topological polar surface area (TPSA) is 46.2 Å². The number of sulfone groups is 1. The predicted molar refractivity (Wildman–Crippen MR) is 65.1 cm³/mol. The molecule has 1 fully saturated rings. The molecule has 1 heterocycles. The number of hydrogen-bond acceptors (Lipinski definition) is 3. The molecule has 0 saturated carbocycles. The Balaban J connectivity index is 2.18. The first-order valence-corrected chi connectivity index (χ1v) is 7.40. The molecular weight excluding hydrogens is 241 g/mol. The Labute approximate surface area is 101 Å². The molecule has 94 valence electrons. The average molecular weight is 257 g/mol. The minimum atomic E-state index is -3.04. The van der Waals surface area contributed by atoms with Crippen LogP contribution in [0.1, 0.15) is 12.5 Å². The van der Waals surface area contributed by atoms with Gasteiger partial charge < -0.3 is 5.32 Å². The fraction of sp³-hybridized carbons (Fsp3) is 0.500. The highest BCUT2D eigenvalue weighted by Gasteiger charge is 2.34. The molecule has 0 aliphatic carbocycles. The van der Waals surface area contributed by atoms with Gasteiger partial charge in [-0.05, 0) is 31.0 Å².